The second kappa shape index (κ2) is 5.93. The highest BCUT2D eigenvalue weighted by Crippen LogP contribution is 2.36. The van der Waals surface area contributed by atoms with E-state index in [-0.39, 0.29) is 5.69 Å². The van der Waals surface area contributed by atoms with Crippen molar-refractivity contribution in [1.29, 1.82) is 0 Å². The summed E-state index contributed by atoms with van der Waals surface area (Å²) in [6.45, 7) is 0. The number of nitrogens with two attached hydrogens (primary N) is 1. The molecule has 0 atom stereocenters. The number of rotatable bonds is 3. The number of nitrogens with zero attached hydrogens (tertiary/aromatic N) is 1. The third-order valence-electron chi connectivity index (χ3n) is 2.14. The van der Waals surface area contributed by atoms with E-state index >= 15 is 0 Å². The maximum atomic E-state index is 12.5. The van der Waals surface area contributed by atoms with Gasteiger partial charge in [0.2, 0.25) is 0 Å². The highest BCUT2D eigenvalue weighted by molar-refractivity contribution is 6.31. The highest BCUT2D eigenvalue weighted by Gasteiger charge is 2.33. The maximum absolute atomic E-state index is 12.5. The van der Waals surface area contributed by atoms with E-state index < -0.39 is 28.6 Å². The number of carboxylic acids is 1. The lowest BCUT2D eigenvalue weighted by molar-refractivity contribution is -0.137. The van der Waals surface area contributed by atoms with Crippen LogP contribution in [0.2, 0.25) is 5.02 Å². The maximum Gasteiger partial charge on any atom is 0.417 e. The van der Waals surface area contributed by atoms with Crippen LogP contribution in [0, 0.1) is 0 Å². The van der Waals surface area contributed by atoms with Crippen LogP contribution in [0.5, 0.6) is 0 Å². The van der Waals surface area contributed by atoms with Crippen molar-refractivity contribution in [2.45, 2.75) is 6.18 Å². The summed E-state index contributed by atoms with van der Waals surface area (Å²) in [5.41, 5.74) is -1.17. The summed E-state index contributed by atoms with van der Waals surface area (Å²) in [6, 6.07) is 2.48. The van der Waals surface area contributed by atoms with Gasteiger partial charge in [0, 0.05) is 12.2 Å². The van der Waals surface area contributed by atoms with Crippen molar-refractivity contribution in [3.8, 4) is 0 Å². The third kappa shape index (κ3) is 3.97. The highest BCUT2D eigenvalue weighted by atomic mass is 35.5. The number of aliphatic carboxylic acids is 1. The minimum absolute atomic E-state index is 0.108. The first kappa shape index (κ1) is 16.0. The van der Waals surface area contributed by atoms with Gasteiger partial charge in [-0.3, -0.25) is 4.79 Å². The summed E-state index contributed by atoms with van der Waals surface area (Å²) in [7, 11) is 0. The van der Waals surface area contributed by atoms with Crippen molar-refractivity contribution in [3.63, 3.8) is 0 Å². The van der Waals surface area contributed by atoms with Crippen LogP contribution in [0.15, 0.2) is 30.4 Å². The average molecular weight is 309 g/mol. The van der Waals surface area contributed by atoms with Gasteiger partial charge in [-0.05, 0) is 18.2 Å². The summed E-state index contributed by atoms with van der Waals surface area (Å²) in [5.74, 6) is 3.06. The predicted octanol–water partition coefficient (Wildman–Crippen LogP) is 2.21. The second-order valence-electron chi connectivity index (χ2n) is 3.54. The van der Waals surface area contributed by atoms with Crippen molar-refractivity contribution < 1.29 is 27.9 Å². The van der Waals surface area contributed by atoms with E-state index in [1.807, 2.05) is 0 Å². The lowest BCUT2D eigenvalue weighted by atomic mass is 10.2. The van der Waals surface area contributed by atoms with Crippen molar-refractivity contribution in [2.75, 3.05) is 5.01 Å². The van der Waals surface area contributed by atoms with Crippen LogP contribution in [-0.4, -0.2) is 17.0 Å². The fourth-order valence-corrected chi connectivity index (χ4v) is 1.52. The Morgan fingerprint density at radius 3 is 2.35 bits per heavy atom. The fourth-order valence-electron chi connectivity index (χ4n) is 1.23. The van der Waals surface area contributed by atoms with E-state index in [1.54, 1.807) is 0 Å². The first-order chi connectivity index (χ1) is 9.12. The van der Waals surface area contributed by atoms with Gasteiger partial charge in [-0.15, -0.1) is 0 Å². The quantitative estimate of drug-likeness (QED) is 0.388. The van der Waals surface area contributed by atoms with Gasteiger partial charge in [0.05, 0.1) is 16.3 Å². The number of halogens is 4. The topological polar surface area (TPSA) is 83.6 Å². The molecule has 1 rings (SSSR count). The zero-order valence-corrected chi connectivity index (χ0v) is 10.4. The van der Waals surface area contributed by atoms with Crippen LogP contribution >= 0.6 is 11.6 Å². The van der Waals surface area contributed by atoms with Crippen molar-refractivity contribution in [3.05, 3.63) is 40.9 Å². The standard InChI is InChI=1S/C11H8ClF3N2O3/c12-8-5-6(1-2-7(8)11(13,14)15)17(16)9(18)3-4-10(19)20/h1-5H,16H2,(H,19,20)/b4-3-. The van der Waals surface area contributed by atoms with Crippen molar-refractivity contribution in [2.24, 2.45) is 5.84 Å². The van der Waals surface area contributed by atoms with Crippen LogP contribution in [0.4, 0.5) is 18.9 Å². The Bertz CT molecular complexity index is 573. The monoisotopic (exact) mass is 308 g/mol. The molecule has 0 fully saturated rings. The first-order valence-electron chi connectivity index (χ1n) is 4.99. The molecule has 0 aliphatic rings. The number of hydrogen-bond acceptors (Lipinski definition) is 3. The third-order valence-corrected chi connectivity index (χ3v) is 2.45. The zero-order valence-electron chi connectivity index (χ0n) is 9.69. The predicted molar refractivity (Wildman–Crippen MR) is 64.9 cm³/mol. The van der Waals surface area contributed by atoms with Crippen LogP contribution < -0.4 is 10.9 Å². The molecule has 0 spiro atoms. The summed E-state index contributed by atoms with van der Waals surface area (Å²) in [6.07, 6.45) is -3.41. The molecule has 9 heteroatoms. The molecular weight excluding hydrogens is 301 g/mol. The van der Waals surface area contributed by atoms with Gasteiger partial charge in [-0.2, -0.15) is 13.2 Å². The Morgan fingerprint density at radius 2 is 1.90 bits per heavy atom. The van der Waals surface area contributed by atoms with Gasteiger partial charge in [0.25, 0.3) is 5.91 Å². The molecule has 3 N–H and O–H groups in total. The largest absolute Gasteiger partial charge is 0.478 e. The van der Waals surface area contributed by atoms with Crippen LogP contribution in [-0.2, 0) is 15.8 Å². The van der Waals surface area contributed by atoms with Crippen LogP contribution in [0.25, 0.3) is 0 Å². The Kier molecular flexibility index (Phi) is 4.74. The smallest absolute Gasteiger partial charge is 0.417 e. The van der Waals surface area contributed by atoms with E-state index in [0.29, 0.717) is 23.2 Å². The normalized spacial score (nSPS) is 11.7. The Labute approximate surface area is 116 Å². The van der Waals surface area contributed by atoms with Gasteiger partial charge in [0.15, 0.2) is 0 Å². The number of amides is 1. The van der Waals surface area contributed by atoms with Gasteiger partial charge in [-0.25, -0.2) is 15.6 Å². The number of carboxylic acid groups (broad SMARTS) is 1. The molecule has 0 bridgehead atoms. The average Bonchev–Trinajstić information content (AvgIpc) is 2.33. The summed E-state index contributed by atoms with van der Waals surface area (Å²) < 4.78 is 37.4. The molecule has 20 heavy (non-hydrogen) atoms. The molecule has 0 unspecified atom stereocenters. The summed E-state index contributed by atoms with van der Waals surface area (Å²) in [4.78, 5) is 21.7. The van der Waals surface area contributed by atoms with E-state index in [9.17, 15) is 22.8 Å². The Hall–Kier alpha value is -2.06. The Morgan fingerprint density at radius 1 is 1.30 bits per heavy atom. The molecule has 1 aromatic rings. The van der Waals surface area contributed by atoms with Gasteiger partial charge in [-0.1, -0.05) is 11.6 Å². The molecule has 108 valence electrons. The van der Waals surface area contributed by atoms with Crippen molar-refractivity contribution in [1.82, 2.24) is 0 Å². The molecule has 1 aromatic carbocycles. The second-order valence-corrected chi connectivity index (χ2v) is 3.95. The number of alkyl halides is 3. The molecule has 0 aliphatic carbocycles. The number of benzene rings is 1. The van der Waals surface area contributed by atoms with Crippen LogP contribution in [0.1, 0.15) is 5.56 Å². The summed E-state index contributed by atoms with van der Waals surface area (Å²) >= 11 is 5.46. The van der Waals surface area contributed by atoms with Gasteiger partial charge < -0.3 is 5.11 Å². The lowest BCUT2D eigenvalue weighted by Gasteiger charge is -2.16. The number of carbonyl (C=O) groups excluding carboxylic acids is 1. The van der Waals surface area contributed by atoms with Gasteiger partial charge in [0.1, 0.15) is 0 Å². The number of hydrazine groups is 1. The molecule has 1 amide bonds. The summed E-state index contributed by atoms with van der Waals surface area (Å²) in [5, 5.41) is 8.19. The molecule has 0 aliphatic heterocycles. The van der Waals surface area contributed by atoms with E-state index in [1.165, 1.54) is 0 Å². The van der Waals surface area contributed by atoms with Crippen LogP contribution in [0.3, 0.4) is 0 Å². The fraction of sp³-hybridized carbons (Fsp3) is 0.0909. The number of hydrogen-bond donors (Lipinski definition) is 2. The molecule has 0 saturated heterocycles. The Balaban J connectivity index is 3.01. The minimum Gasteiger partial charge on any atom is -0.478 e. The molecule has 0 heterocycles. The van der Waals surface area contributed by atoms with Crippen molar-refractivity contribution >= 4 is 29.2 Å². The molecule has 5 nitrogen and oxygen atoms in total. The number of anilines is 1. The molecule has 0 saturated carbocycles. The molecule has 0 aromatic heterocycles. The van der Waals surface area contributed by atoms with E-state index in [0.717, 1.165) is 12.1 Å². The van der Waals surface area contributed by atoms with E-state index in [2.05, 4.69) is 0 Å². The lowest BCUT2D eigenvalue weighted by Crippen LogP contribution is -2.36. The van der Waals surface area contributed by atoms with E-state index in [4.69, 9.17) is 22.6 Å². The molecule has 0 radical (unpaired) electrons. The minimum atomic E-state index is -4.62. The SMILES string of the molecule is NN(C(=O)/C=C\C(=O)O)c1ccc(C(F)(F)F)c(Cl)c1. The molecular formula is C11H8ClF3N2O3. The zero-order chi connectivity index (χ0) is 15.5. The first-order valence-corrected chi connectivity index (χ1v) is 5.37. The number of carbonyl (C=O) groups is 2. The van der Waals surface area contributed by atoms with Gasteiger partial charge >= 0.3 is 12.1 Å².